The maximum Gasteiger partial charge on any atom is 0.493 e. The number of aliphatic carboxylic acids is 2. The molecular weight excluding hydrogens is 1370 g/mol. The van der Waals surface area contributed by atoms with Crippen LogP contribution in [0.25, 0.3) is 0 Å². The number of rotatable bonds is 42. The predicted octanol–water partition coefficient (Wildman–Crippen LogP) is 10.8. The Hall–Kier alpha value is -4.19. The van der Waals surface area contributed by atoms with Gasteiger partial charge in [0.2, 0.25) is 19.7 Å². The standard InChI is InChI=1S/C68H92N4O14S6Si3/c1-81-93(5,47-19-39-69-41-43-71-51-55-29-33-57-37-45-87-67(61(57)49-55,91(77,78)59-25-15-9-16-26-59)89-63(65(73)74)35-31-53-21-11-7-12-22-53)85-94(6,82-2)86-95(83-3,84-4)48-20-40-70-42-44-72-52-56-30-34-58-38-46-88-68(62(58)50-56,92(79,80)60-27-17-10-18-28-60)90-64(66(75)76)36-32-54-23-13-8-14-24-54/h7-18,21-30,33-34,37-38,49-50,61-64,69-72H,19-20,31-32,35-36,39-48,51-52H2,1-6H3,(H,73,74)(H,75,76). The molecule has 18 nitrogen and oxygen atoms in total. The number of thioether (sulfide) groups is 4. The SMILES string of the molecule is CO[Si](C)(CCCNCCNCC1=CC2C(=CCSC2(SC(CCc2ccccc2)C(=O)O)S(=O)(=O)c2ccccc2)C=C1)O[Si](C)(OC)O[Si](CCCNCCNCC1=CC2C(=CCSC2(SC(CCc2ccccc2)C(=O)O)S(=O)(=O)c2ccccc2)C=C1)(OC)OC. The second-order valence-electron chi connectivity index (χ2n) is 23.7. The third kappa shape index (κ3) is 20.1. The molecule has 8 unspecified atom stereocenters. The zero-order valence-corrected chi connectivity index (χ0v) is 62.8. The van der Waals surface area contributed by atoms with Crippen molar-refractivity contribution < 1.29 is 62.6 Å². The van der Waals surface area contributed by atoms with Crippen molar-refractivity contribution in [2.75, 3.05) is 92.3 Å². The van der Waals surface area contributed by atoms with E-state index in [1.807, 2.05) is 116 Å². The number of aryl methyl sites for hydroxylation is 2. The van der Waals surface area contributed by atoms with Gasteiger partial charge in [-0.15, -0.1) is 47.0 Å². The Kier molecular flexibility index (Phi) is 29.2. The van der Waals surface area contributed by atoms with E-state index in [2.05, 4.69) is 27.3 Å². The van der Waals surface area contributed by atoms with E-state index >= 15 is 0 Å². The van der Waals surface area contributed by atoms with Gasteiger partial charge in [-0.05, 0) is 122 Å². The zero-order chi connectivity index (χ0) is 68.0. The van der Waals surface area contributed by atoms with Crippen molar-refractivity contribution >= 4 is 105 Å². The largest absolute Gasteiger partial charge is 0.493 e. The average molecular weight is 1470 g/mol. The highest BCUT2D eigenvalue weighted by atomic mass is 32.3. The molecule has 0 amide bonds. The molecule has 2 heterocycles. The second-order valence-corrected chi connectivity index (χ2v) is 44.5. The fourth-order valence-electron chi connectivity index (χ4n) is 11.8. The molecule has 95 heavy (non-hydrogen) atoms. The zero-order valence-electron chi connectivity index (χ0n) is 54.9. The van der Waals surface area contributed by atoms with Crippen LogP contribution in [0.1, 0.15) is 36.8 Å². The third-order valence-corrected chi connectivity index (χ3v) is 41.7. The van der Waals surface area contributed by atoms with E-state index in [1.165, 1.54) is 23.5 Å². The molecule has 6 N–H and O–H groups in total. The molecule has 4 aromatic carbocycles. The van der Waals surface area contributed by atoms with Crippen LogP contribution in [0.5, 0.6) is 0 Å². The summed E-state index contributed by atoms with van der Waals surface area (Å²) in [6.45, 7) is 8.74. The van der Waals surface area contributed by atoms with Crippen LogP contribution >= 0.6 is 47.0 Å². The molecular formula is C68H92N4O14S6Si3. The van der Waals surface area contributed by atoms with E-state index < -0.39 is 86.9 Å². The van der Waals surface area contributed by atoms with E-state index in [0.29, 0.717) is 95.2 Å². The minimum absolute atomic E-state index is 0.165. The summed E-state index contributed by atoms with van der Waals surface area (Å²) in [4.78, 5) is 26.2. The van der Waals surface area contributed by atoms with Crippen molar-refractivity contribution in [2.24, 2.45) is 11.8 Å². The van der Waals surface area contributed by atoms with Crippen molar-refractivity contribution in [3.05, 3.63) is 203 Å². The number of carbonyl (C=O) groups is 2. The number of hydrogen-bond acceptors (Lipinski definition) is 20. The Morgan fingerprint density at radius 2 is 0.937 bits per heavy atom. The summed E-state index contributed by atoms with van der Waals surface area (Å²) in [6, 6.07) is 37.3. The lowest BCUT2D eigenvalue weighted by molar-refractivity contribution is -0.137. The highest BCUT2D eigenvalue weighted by molar-refractivity contribution is 8.32. The first-order valence-electron chi connectivity index (χ1n) is 32.1. The topological polar surface area (TPSA) is 246 Å². The van der Waals surface area contributed by atoms with Gasteiger partial charge in [-0.1, -0.05) is 146 Å². The summed E-state index contributed by atoms with van der Waals surface area (Å²) in [6.07, 6.45) is 19.1. The van der Waals surface area contributed by atoms with Gasteiger partial charge in [-0.2, -0.15) is 0 Å². The third-order valence-electron chi connectivity index (χ3n) is 17.1. The molecule has 0 fully saturated rings. The van der Waals surface area contributed by atoms with Gasteiger partial charge < -0.3 is 57.4 Å². The van der Waals surface area contributed by atoms with Crippen molar-refractivity contribution in [3.8, 4) is 0 Å². The molecule has 0 aromatic heterocycles. The van der Waals surface area contributed by atoms with E-state index in [9.17, 15) is 36.6 Å². The van der Waals surface area contributed by atoms with Crippen LogP contribution in [0.3, 0.4) is 0 Å². The van der Waals surface area contributed by atoms with Gasteiger partial charge in [-0.25, -0.2) is 16.8 Å². The van der Waals surface area contributed by atoms with Crippen LogP contribution in [0.4, 0.5) is 0 Å². The molecule has 4 aliphatic rings. The molecule has 8 atom stereocenters. The van der Waals surface area contributed by atoms with Gasteiger partial charge in [-0.3, -0.25) is 9.59 Å². The van der Waals surface area contributed by atoms with Crippen LogP contribution in [0.2, 0.25) is 25.2 Å². The number of sulfone groups is 2. The van der Waals surface area contributed by atoms with E-state index in [0.717, 1.165) is 63.4 Å². The van der Waals surface area contributed by atoms with E-state index in [-0.39, 0.29) is 22.6 Å². The van der Waals surface area contributed by atoms with Crippen LogP contribution in [0.15, 0.2) is 202 Å². The molecule has 4 aromatic rings. The van der Waals surface area contributed by atoms with Crippen LogP contribution in [0, 0.1) is 11.8 Å². The highest BCUT2D eigenvalue weighted by Crippen LogP contribution is 2.60. The summed E-state index contributed by atoms with van der Waals surface area (Å²) in [5.41, 5.74) is 5.56. The summed E-state index contributed by atoms with van der Waals surface area (Å²) >= 11 is 4.70. The first-order valence-corrected chi connectivity index (χ1v) is 45.4. The lowest BCUT2D eigenvalue weighted by atomic mass is 9.91. The fraction of sp³-hybridized carbons (Fsp3) is 0.441. The molecule has 2 aliphatic carbocycles. The summed E-state index contributed by atoms with van der Waals surface area (Å²) < 4.78 is 94.5. The maximum absolute atomic E-state index is 15.0. The minimum Gasteiger partial charge on any atom is -0.480 e. The number of hydrogen-bond donors (Lipinski definition) is 6. The molecule has 0 saturated heterocycles. The molecule has 516 valence electrons. The van der Waals surface area contributed by atoms with Gasteiger partial charge in [0, 0.05) is 104 Å². The quantitative estimate of drug-likeness (QED) is 0.0178. The van der Waals surface area contributed by atoms with E-state index in [4.69, 9.17) is 25.9 Å². The molecule has 0 radical (unpaired) electrons. The van der Waals surface area contributed by atoms with Crippen molar-refractivity contribution in [1.29, 1.82) is 0 Å². The molecule has 0 bridgehead atoms. The summed E-state index contributed by atoms with van der Waals surface area (Å²) in [5, 5.41) is 33.3. The molecule has 0 spiro atoms. The maximum atomic E-state index is 15.0. The molecule has 0 saturated carbocycles. The Balaban J connectivity index is 0.780. The molecule has 27 heteroatoms. The van der Waals surface area contributed by atoms with Gasteiger partial charge in [0.1, 0.15) is 10.5 Å². The first kappa shape index (κ1) is 76.6. The smallest absolute Gasteiger partial charge is 0.480 e. The fourth-order valence-corrected chi connectivity index (χ4v) is 35.3. The van der Waals surface area contributed by atoms with Gasteiger partial charge in [0.15, 0.2) is 6.82 Å². The number of allylic oxidation sites excluding steroid dienone is 6. The van der Waals surface area contributed by atoms with Crippen molar-refractivity contribution in [2.45, 2.75) is 90.8 Å². The first-order chi connectivity index (χ1) is 45.7. The highest BCUT2D eigenvalue weighted by Gasteiger charge is 2.58. The molecule has 2 aliphatic heterocycles. The molecule has 8 rings (SSSR count). The number of carboxylic acid groups (broad SMARTS) is 2. The van der Waals surface area contributed by atoms with Gasteiger partial charge in [0.25, 0.3) is 0 Å². The van der Waals surface area contributed by atoms with Crippen LogP contribution in [-0.2, 0) is 68.0 Å². The predicted molar refractivity (Wildman–Crippen MR) is 392 cm³/mol. The Labute approximate surface area is 582 Å². The lowest BCUT2D eigenvalue weighted by Gasteiger charge is -2.43. The van der Waals surface area contributed by atoms with Gasteiger partial charge in [0.05, 0.1) is 9.79 Å². The summed E-state index contributed by atoms with van der Waals surface area (Å²) in [5.74, 6) is -2.41. The van der Waals surface area contributed by atoms with Gasteiger partial charge >= 0.3 is 38.1 Å². The number of benzene rings is 4. The van der Waals surface area contributed by atoms with Crippen LogP contribution < -0.4 is 21.3 Å². The normalized spacial score (nSPS) is 21.6. The Morgan fingerprint density at radius 1 is 0.537 bits per heavy atom. The number of carboxylic acids is 2. The Bertz CT molecular complexity index is 3580. The van der Waals surface area contributed by atoms with E-state index in [1.54, 1.807) is 89.1 Å². The summed E-state index contributed by atoms with van der Waals surface area (Å²) in [7, 11) is -11.3. The average Bonchev–Trinajstić information content (AvgIpc) is 0.733. The number of nitrogens with one attached hydrogen (secondary N) is 4. The van der Waals surface area contributed by atoms with Crippen molar-refractivity contribution in [1.82, 2.24) is 21.3 Å². The lowest BCUT2D eigenvalue weighted by Crippen LogP contribution is -2.60. The second kappa shape index (κ2) is 36.2. The number of fused-ring (bicyclic) bond motifs is 2. The van der Waals surface area contributed by atoms with Crippen molar-refractivity contribution in [3.63, 3.8) is 0 Å². The van der Waals surface area contributed by atoms with Crippen LogP contribution in [-0.4, -0.2) is 175 Å². The Morgan fingerprint density at radius 3 is 1.33 bits per heavy atom. The minimum atomic E-state index is -4.08. The monoisotopic (exact) mass is 1460 g/mol.